The van der Waals surface area contributed by atoms with Crippen LogP contribution in [0.15, 0.2) is 395 Å². The van der Waals surface area contributed by atoms with Gasteiger partial charge < -0.3 is 63.1 Å². The summed E-state index contributed by atoms with van der Waals surface area (Å²) in [6.07, 6.45) is 18.6. The molecule has 18 rings (SSSR count). The number of aromatic carboxylic acids is 1. The van der Waals surface area contributed by atoms with Gasteiger partial charge in [0, 0.05) is 161 Å². The molecule has 2 N–H and O–H groups in total. The number of carboxylic acid groups (broad SMARTS) is 1. The van der Waals surface area contributed by atoms with Gasteiger partial charge in [-0.25, -0.2) is 21.1 Å². The van der Waals surface area contributed by atoms with Crippen LogP contribution in [0.2, 0.25) is 0 Å². The molecule has 0 aliphatic heterocycles. The van der Waals surface area contributed by atoms with Crippen molar-refractivity contribution in [1.29, 1.82) is 0 Å². The molecule has 0 bridgehead atoms. The number of pyridine rings is 9. The zero-order valence-corrected chi connectivity index (χ0v) is 82.3. The van der Waals surface area contributed by atoms with Crippen molar-refractivity contribution in [2.75, 3.05) is 0 Å². The van der Waals surface area contributed by atoms with E-state index in [1.54, 1.807) is 72.7 Å². The number of ketones is 1. The summed E-state index contributed by atoms with van der Waals surface area (Å²) in [6.45, 7) is 17.0. The Morgan fingerprint density at radius 3 is 1.17 bits per heavy atom. The molecule has 666 valence electrons. The van der Waals surface area contributed by atoms with E-state index in [4.69, 9.17) is 10.2 Å². The number of aliphatic hydroxyl groups excluding tert-OH is 1. The predicted molar refractivity (Wildman–Crippen MR) is 503 cm³/mol. The number of aryl methyl sites for hydroxylation is 3. The fraction of sp³-hybridized carbons (Fsp3) is 0.0636. The van der Waals surface area contributed by atoms with Crippen LogP contribution in [-0.4, -0.2) is 56.9 Å². The average molecular weight is 2440 g/mol. The third-order valence-corrected chi connectivity index (χ3v) is 18.8. The van der Waals surface area contributed by atoms with Crippen molar-refractivity contribution < 1.29 is 118 Å². The van der Waals surface area contributed by atoms with Crippen molar-refractivity contribution in [3.8, 4) is 89.4 Å². The standard InChI is InChI=1S/C15H16N.C14H14N.C13H8NS.2C12H10N.C11H6F2N.2C11H8N.C6H5NO2.C5H8O2.4Ir/c1-4-13-11-12(2)8-9-14(13)15-7-5-6-10-16(15)3;1-3-12-8-4-5-9-13(12)14-10-6-7-11-15(14)2;1-2-7-12-10(5-1)9-13(15-12)11-6-3-4-8-14-11;2*1-10-5-7-11(8-6-10)12-4-2-3-9-13-12;12-8-4-5-9(10(13)7-8)11-3-1-2-6-14-11;2*1-2-6-10(7-3-1)11-8-4-5-9-12-11;8-6(9)5-3-1-2-4-7-5;1-4(6)3-5(2)7;;;;/h5-11H,1,3-4H2,2H3;4-11H,1-3H2;1-8H;2*2-7,9H,1H3;1-4,6-7H;2*1-6,8-9H;1-4H,(H,8,9);3,6H,1-2H3;;;;/q8*-1;;;;;;. The summed E-state index contributed by atoms with van der Waals surface area (Å²) in [7, 11) is 7.96. The summed E-state index contributed by atoms with van der Waals surface area (Å²) in [6, 6.07) is 123. The maximum absolute atomic E-state index is 13.2. The van der Waals surface area contributed by atoms with Gasteiger partial charge in [0.25, 0.3) is 0 Å². The molecule has 0 aliphatic rings. The number of carbonyl (C=O) groups is 2. The van der Waals surface area contributed by atoms with E-state index in [1.165, 1.54) is 81.2 Å². The van der Waals surface area contributed by atoms with Gasteiger partial charge in [0.1, 0.15) is 17.1 Å². The summed E-state index contributed by atoms with van der Waals surface area (Å²) in [5.41, 5.74) is 20.7. The van der Waals surface area contributed by atoms with E-state index < -0.39 is 17.6 Å². The number of hydrogen-bond acceptors (Lipinski definition) is 11. The number of allylic oxidation sites excluding steroid dienone is 2. The first-order valence-corrected chi connectivity index (χ1v) is 40.7. The number of carbonyl (C=O) groups excluding carboxylic acids is 1. The van der Waals surface area contributed by atoms with Crippen LogP contribution in [0, 0.1) is 96.7 Å². The predicted octanol–water partition coefficient (Wildman–Crippen LogP) is 24.8. The van der Waals surface area contributed by atoms with Gasteiger partial charge in [-0.1, -0.05) is 200 Å². The molecule has 20 heteroatoms. The molecule has 4 radical (unpaired) electrons. The van der Waals surface area contributed by atoms with Crippen molar-refractivity contribution in [2.45, 2.75) is 47.5 Å². The molecule has 0 fully saturated rings. The molecular weight excluding hydrogens is 2350 g/mol. The van der Waals surface area contributed by atoms with Crippen LogP contribution >= 0.6 is 11.3 Å². The van der Waals surface area contributed by atoms with Gasteiger partial charge in [0.2, 0.25) is 0 Å². The van der Waals surface area contributed by atoms with Crippen LogP contribution in [-0.2, 0) is 98.1 Å². The Bertz CT molecular complexity index is 6010. The smallest absolute Gasteiger partial charge is 0.354 e. The van der Waals surface area contributed by atoms with Crippen LogP contribution in [0.1, 0.15) is 52.2 Å². The van der Waals surface area contributed by atoms with Crippen LogP contribution in [0.3, 0.4) is 0 Å². The number of aromatic nitrogens is 9. The van der Waals surface area contributed by atoms with Gasteiger partial charge in [-0.3, -0.25) is 13.6 Å². The van der Waals surface area contributed by atoms with E-state index in [0.29, 0.717) is 5.69 Å². The Hall–Kier alpha value is -13.1. The maximum Gasteiger partial charge on any atom is 0.354 e. The number of hydrogen-bond donors (Lipinski definition) is 2. The van der Waals surface area contributed by atoms with Gasteiger partial charge in [-0.15, -0.1) is 178 Å². The normalized spacial score (nSPS) is 9.78. The molecular formula is C110H93F2Ir4N9O4S-8. The Balaban J connectivity index is 0.000000256. The number of rotatable bonds is 12. The molecule has 0 unspecified atom stereocenters. The topological polar surface area (TPSA) is 173 Å². The molecule has 0 aliphatic carbocycles. The molecule has 13 nitrogen and oxygen atoms in total. The molecule has 0 saturated heterocycles. The molecule has 130 heavy (non-hydrogen) atoms. The summed E-state index contributed by atoms with van der Waals surface area (Å²) < 4.78 is 30.8. The quantitative estimate of drug-likeness (QED) is 0.0516. The third-order valence-electron chi connectivity index (χ3n) is 17.7. The summed E-state index contributed by atoms with van der Waals surface area (Å²) in [5.74, 6) is -2.34. The number of nitrogens with zero attached hydrogens (tertiary/aromatic N) is 9. The van der Waals surface area contributed by atoms with E-state index in [0.717, 1.165) is 92.0 Å². The monoisotopic (exact) mass is 2450 g/mol. The zero-order valence-electron chi connectivity index (χ0n) is 71.9. The number of halogens is 2. The van der Waals surface area contributed by atoms with Crippen LogP contribution in [0.5, 0.6) is 0 Å². The molecule has 18 aromatic rings. The minimum atomic E-state index is -0.990. The maximum atomic E-state index is 13.2. The summed E-state index contributed by atoms with van der Waals surface area (Å²) in [5, 5.41) is 17.9. The number of thiophene rings is 1. The van der Waals surface area contributed by atoms with Crippen LogP contribution < -0.4 is 9.13 Å². The zero-order chi connectivity index (χ0) is 89.5. The van der Waals surface area contributed by atoms with Gasteiger partial charge in [0.15, 0.2) is 5.78 Å². The van der Waals surface area contributed by atoms with Crippen molar-refractivity contribution in [3.63, 3.8) is 0 Å². The third kappa shape index (κ3) is 37.0. The fourth-order valence-electron chi connectivity index (χ4n) is 11.6. The van der Waals surface area contributed by atoms with E-state index in [-0.39, 0.29) is 103 Å². The van der Waals surface area contributed by atoms with Crippen LogP contribution in [0.4, 0.5) is 8.78 Å². The first-order valence-electron chi connectivity index (χ1n) is 39.9. The minimum absolute atomic E-state index is 0. The Kier molecular flexibility index (Phi) is 49.5. The second-order valence-corrected chi connectivity index (χ2v) is 28.4. The van der Waals surface area contributed by atoms with E-state index in [1.807, 2.05) is 234 Å². The van der Waals surface area contributed by atoms with Gasteiger partial charge in [0.05, 0.1) is 18.2 Å². The molecule has 10 aromatic heterocycles. The van der Waals surface area contributed by atoms with Crippen molar-refractivity contribution >= 4 is 33.2 Å². The number of benzene rings is 8. The van der Waals surface area contributed by atoms with Crippen molar-refractivity contribution in [1.82, 2.24) is 34.9 Å². The molecule has 10 heterocycles. The van der Waals surface area contributed by atoms with Crippen LogP contribution in [0.25, 0.3) is 99.5 Å². The second-order valence-electron chi connectivity index (χ2n) is 27.3. The molecule has 0 saturated carbocycles. The first kappa shape index (κ1) is 107. The van der Waals surface area contributed by atoms with Gasteiger partial charge >= 0.3 is 5.97 Å². The Morgan fingerprint density at radius 2 is 0.800 bits per heavy atom. The van der Waals surface area contributed by atoms with Gasteiger partial charge in [-0.2, -0.15) is 12.8 Å². The van der Waals surface area contributed by atoms with Crippen molar-refractivity contribution in [3.05, 3.63) is 505 Å². The number of carboxylic acids is 1. The Labute approximate surface area is 820 Å². The SMILES string of the molecule is CC(=O)C=C(C)O.Cc1c[c-]c(-c2ccccn2)cc1.Cc1c[c-]c(-c2ccccn2)cc1.Fc1c[c-]c(-c2ccccn2)c(F)c1.O=C(O)c1ccccn1.[CH2-]Cc1cc(C)ccc1-c1cccc[n+]1[CH2-].[CH2-]Cc1ccccc1-c1cccc[n+]1[CH2-].[Ir].[Ir].[Ir].[Ir].[c-]1c(-c2ccccn2)sc2ccccc12.[c-]1ccccc1-c1ccccn1.[c-]1ccccc1-c1ccccn1. The fourth-order valence-corrected chi connectivity index (χ4v) is 12.6. The van der Waals surface area contributed by atoms with Gasteiger partial charge in [-0.05, 0) is 131 Å². The average Bonchev–Trinajstić information content (AvgIpc) is 1.53. The number of aliphatic hydroxyl groups is 1. The first-order chi connectivity index (χ1) is 61.3. The summed E-state index contributed by atoms with van der Waals surface area (Å²) >= 11 is 1.73. The molecule has 0 spiro atoms. The van der Waals surface area contributed by atoms with E-state index in [2.05, 4.69) is 193 Å². The molecule has 8 aromatic carbocycles. The Morgan fingerprint density at radius 1 is 0.400 bits per heavy atom. The van der Waals surface area contributed by atoms with E-state index in [9.17, 15) is 18.4 Å². The largest absolute Gasteiger partial charge is 0.512 e. The van der Waals surface area contributed by atoms with Crippen molar-refractivity contribution in [2.24, 2.45) is 0 Å². The summed E-state index contributed by atoms with van der Waals surface area (Å²) in [4.78, 5) is 50.0. The molecule has 0 amide bonds. The van der Waals surface area contributed by atoms with E-state index >= 15 is 0 Å². The second kappa shape index (κ2) is 59.9. The molecule has 0 atom stereocenters. The minimum Gasteiger partial charge on any atom is -0.512 e. The number of fused-ring (bicyclic) bond motifs is 1.